The predicted molar refractivity (Wildman–Crippen MR) is 123 cm³/mol. The number of imide groups is 1. The zero-order chi connectivity index (χ0) is 23.2. The van der Waals surface area contributed by atoms with E-state index in [1.54, 1.807) is 42.7 Å². The standard InChI is InChI=1S/C24H29N5O4/c1-2-3-15-33-23(32)17-5-7-19(8-6-17)29-21(30)16-20(22(29)31)27-18-9-13-28(14-10-18)24-25-11-4-12-26-24/h4-8,11-12,18,20,27H,2-3,9-10,13-16H2,1H3/t20-/m0/s1. The summed E-state index contributed by atoms with van der Waals surface area (Å²) in [7, 11) is 0. The Bertz CT molecular complexity index is 974. The van der Waals surface area contributed by atoms with Crippen LogP contribution in [0.4, 0.5) is 11.6 Å². The van der Waals surface area contributed by atoms with E-state index in [9.17, 15) is 14.4 Å². The summed E-state index contributed by atoms with van der Waals surface area (Å²) < 4.78 is 5.21. The van der Waals surface area contributed by atoms with Crippen molar-refractivity contribution >= 4 is 29.4 Å². The van der Waals surface area contributed by atoms with E-state index in [1.807, 2.05) is 6.92 Å². The van der Waals surface area contributed by atoms with Gasteiger partial charge >= 0.3 is 5.97 Å². The summed E-state index contributed by atoms with van der Waals surface area (Å²) in [6, 6.07) is 7.81. The fraction of sp³-hybridized carbons (Fsp3) is 0.458. The van der Waals surface area contributed by atoms with Gasteiger partial charge in [0.25, 0.3) is 5.91 Å². The topological polar surface area (TPSA) is 105 Å². The molecule has 1 aromatic carbocycles. The number of carbonyl (C=O) groups is 3. The maximum absolute atomic E-state index is 13.0. The van der Waals surface area contributed by atoms with Gasteiger partial charge in [-0.05, 0) is 49.6 Å². The highest BCUT2D eigenvalue weighted by Crippen LogP contribution is 2.25. The molecule has 3 heterocycles. The average molecular weight is 452 g/mol. The number of ether oxygens (including phenoxy) is 1. The van der Waals surface area contributed by atoms with Crippen LogP contribution in [-0.4, -0.2) is 59.5 Å². The van der Waals surface area contributed by atoms with Crippen molar-refractivity contribution < 1.29 is 19.1 Å². The number of amides is 2. The van der Waals surface area contributed by atoms with E-state index < -0.39 is 12.0 Å². The maximum Gasteiger partial charge on any atom is 0.338 e. The summed E-state index contributed by atoms with van der Waals surface area (Å²) in [5, 5.41) is 3.37. The zero-order valence-corrected chi connectivity index (χ0v) is 18.8. The molecule has 9 nitrogen and oxygen atoms in total. The molecule has 2 aromatic rings. The molecule has 0 radical (unpaired) electrons. The van der Waals surface area contributed by atoms with E-state index in [-0.39, 0.29) is 24.3 Å². The van der Waals surface area contributed by atoms with Crippen LogP contribution in [0.3, 0.4) is 0 Å². The highest BCUT2D eigenvalue weighted by atomic mass is 16.5. The Kier molecular flexibility index (Phi) is 7.29. The second-order valence-electron chi connectivity index (χ2n) is 8.34. The van der Waals surface area contributed by atoms with Gasteiger partial charge in [0, 0.05) is 31.5 Å². The number of benzene rings is 1. The molecule has 1 atom stereocenters. The first-order valence-corrected chi connectivity index (χ1v) is 11.5. The predicted octanol–water partition coefficient (Wildman–Crippen LogP) is 2.32. The lowest BCUT2D eigenvalue weighted by Crippen LogP contribution is -2.49. The van der Waals surface area contributed by atoms with Crippen molar-refractivity contribution in [3.8, 4) is 0 Å². The van der Waals surface area contributed by atoms with Crippen LogP contribution in [0.25, 0.3) is 0 Å². The third kappa shape index (κ3) is 5.36. The smallest absolute Gasteiger partial charge is 0.338 e. The van der Waals surface area contributed by atoms with Crippen molar-refractivity contribution in [3.05, 3.63) is 48.3 Å². The molecule has 0 aliphatic carbocycles. The quantitative estimate of drug-likeness (QED) is 0.370. The molecule has 2 fully saturated rings. The second kappa shape index (κ2) is 10.5. The van der Waals surface area contributed by atoms with Gasteiger partial charge in [0.15, 0.2) is 0 Å². The van der Waals surface area contributed by atoms with Gasteiger partial charge in [0.1, 0.15) is 0 Å². The van der Waals surface area contributed by atoms with Crippen molar-refractivity contribution in [2.75, 3.05) is 29.5 Å². The summed E-state index contributed by atoms with van der Waals surface area (Å²) >= 11 is 0. The molecule has 33 heavy (non-hydrogen) atoms. The minimum absolute atomic E-state index is 0.127. The second-order valence-corrected chi connectivity index (χ2v) is 8.34. The molecule has 2 aliphatic heterocycles. The molecule has 4 rings (SSSR count). The first-order valence-electron chi connectivity index (χ1n) is 11.5. The van der Waals surface area contributed by atoms with Gasteiger partial charge in [-0.1, -0.05) is 13.3 Å². The average Bonchev–Trinajstić information content (AvgIpc) is 3.12. The Morgan fingerprint density at radius 2 is 1.82 bits per heavy atom. The number of rotatable bonds is 8. The largest absolute Gasteiger partial charge is 0.462 e. The molecule has 9 heteroatoms. The van der Waals surface area contributed by atoms with Crippen LogP contribution in [0.5, 0.6) is 0 Å². The Morgan fingerprint density at radius 1 is 1.12 bits per heavy atom. The van der Waals surface area contributed by atoms with Crippen LogP contribution in [-0.2, 0) is 14.3 Å². The number of nitrogens with zero attached hydrogens (tertiary/aromatic N) is 4. The number of carbonyl (C=O) groups excluding carboxylic acids is 3. The van der Waals surface area contributed by atoms with Gasteiger partial charge in [-0.2, -0.15) is 0 Å². The van der Waals surface area contributed by atoms with E-state index >= 15 is 0 Å². The molecule has 0 bridgehead atoms. The van der Waals surface area contributed by atoms with Crippen molar-refractivity contribution in [3.63, 3.8) is 0 Å². The minimum Gasteiger partial charge on any atom is -0.462 e. The van der Waals surface area contributed by atoms with Crippen molar-refractivity contribution in [1.29, 1.82) is 0 Å². The van der Waals surface area contributed by atoms with Gasteiger partial charge in [-0.15, -0.1) is 0 Å². The molecule has 174 valence electrons. The molecule has 2 saturated heterocycles. The number of hydrogen-bond acceptors (Lipinski definition) is 8. The van der Waals surface area contributed by atoms with Crippen LogP contribution >= 0.6 is 0 Å². The zero-order valence-electron chi connectivity index (χ0n) is 18.8. The summed E-state index contributed by atoms with van der Waals surface area (Å²) in [6.07, 6.45) is 7.02. The Balaban J connectivity index is 1.32. The minimum atomic E-state index is -0.541. The molecule has 2 aliphatic rings. The number of nitrogens with one attached hydrogen (secondary N) is 1. The van der Waals surface area contributed by atoms with E-state index in [4.69, 9.17) is 4.74 Å². The SMILES string of the molecule is CCCCOC(=O)c1ccc(N2C(=O)C[C@H](NC3CCN(c4ncccn4)CC3)C2=O)cc1. The van der Waals surface area contributed by atoms with Gasteiger partial charge in [0.05, 0.1) is 30.3 Å². The number of hydrogen-bond donors (Lipinski definition) is 1. The molecule has 0 spiro atoms. The van der Waals surface area contributed by atoms with Crippen molar-refractivity contribution in [2.45, 2.75) is 51.1 Å². The van der Waals surface area contributed by atoms with Crippen LogP contribution < -0.4 is 15.1 Å². The fourth-order valence-electron chi connectivity index (χ4n) is 4.16. The van der Waals surface area contributed by atoms with E-state index in [2.05, 4.69) is 20.2 Å². The van der Waals surface area contributed by atoms with Gasteiger partial charge in [-0.3, -0.25) is 9.59 Å². The first kappa shape index (κ1) is 22.8. The number of unbranched alkanes of at least 4 members (excludes halogenated alkanes) is 1. The third-order valence-electron chi connectivity index (χ3n) is 6.01. The lowest BCUT2D eigenvalue weighted by molar-refractivity contribution is -0.121. The molecule has 0 saturated carbocycles. The van der Waals surface area contributed by atoms with Gasteiger partial charge in [0.2, 0.25) is 11.9 Å². The van der Waals surface area contributed by atoms with Crippen LogP contribution in [0.1, 0.15) is 49.4 Å². The highest BCUT2D eigenvalue weighted by molar-refractivity contribution is 6.22. The molecule has 0 unspecified atom stereocenters. The van der Waals surface area contributed by atoms with Crippen molar-refractivity contribution in [1.82, 2.24) is 15.3 Å². The number of anilines is 2. The summed E-state index contributed by atoms with van der Waals surface area (Å²) in [4.78, 5) is 49.6. The summed E-state index contributed by atoms with van der Waals surface area (Å²) in [5.41, 5.74) is 0.869. The Labute approximate surface area is 193 Å². The first-order chi connectivity index (χ1) is 16.1. The van der Waals surface area contributed by atoms with E-state index in [0.29, 0.717) is 23.8 Å². The molecular formula is C24H29N5O4. The number of piperidine rings is 1. The highest BCUT2D eigenvalue weighted by Gasteiger charge is 2.40. The summed E-state index contributed by atoms with van der Waals surface area (Å²) in [6.45, 7) is 3.98. The maximum atomic E-state index is 13.0. The Morgan fingerprint density at radius 3 is 2.48 bits per heavy atom. The van der Waals surface area contributed by atoms with Gasteiger partial charge < -0.3 is 15.0 Å². The molecule has 1 N–H and O–H groups in total. The van der Waals surface area contributed by atoms with Gasteiger partial charge in [-0.25, -0.2) is 19.7 Å². The lowest BCUT2D eigenvalue weighted by atomic mass is 10.0. The number of esters is 1. The fourth-order valence-corrected chi connectivity index (χ4v) is 4.16. The third-order valence-corrected chi connectivity index (χ3v) is 6.01. The molecule has 2 amide bonds. The Hall–Kier alpha value is -3.33. The monoisotopic (exact) mass is 451 g/mol. The normalized spacial score (nSPS) is 19.2. The van der Waals surface area contributed by atoms with E-state index in [0.717, 1.165) is 38.8 Å². The van der Waals surface area contributed by atoms with Crippen molar-refractivity contribution in [2.24, 2.45) is 0 Å². The van der Waals surface area contributed by atoms with Crippen LogP contribution in [0.15, 0.2) is 42.7 Å². The molecular weight excluding hydrogens is 422 g/mol. The molecule has 1 aromatic heterocycles. The summed E-state index contributed by atoms with van der Waals surface area (Å²) in [5.74, 6) is -0.189. The van der Waals surface area contributed by atoms with Crippen LogP contribution in [0.2, 0.25) is 0 Å². The van der Waals surface area contributed by atoms with Crippen LogP contribution in [0, 0.1) is 0 Å². The number of aromatic nitrogens is 2. The lowest BCUT2D eigenvalue weighted by Gasteiger charge is -2.33. The van der Waals surface area contributed by atoms with E-state index in [1.165, 1.54) is 4.90 Å².